The second-order valence-electron chi connectivity index (χ2n) is 3.13. The van der Waals surface area contributed by atoms with E-state index in [9.17, 15) is 9.32 Å². The Morgan fingerprint density at radius 3 is 2.67 bits per heavy atom. The van der Waals surface area contributed by atoms with Gasteiger partial charge in [0.1, 0.15) is 6.10 Å². The van der Waals surface area contributed by atoms with Gasteiger partial charge in [0.2, 0.25) is 0 Å². The van der Waals surface area contributed by atoms with Crippen molar-refractivity contribution in [1.29, 1.82) is 0 Å². The van der Waals surface area contributed by atoms with Crippen LogP contribution in [0.25, 0.3) is 0 Å². The Labute approximate surface area is 90.6 Å². The number of aliphatic hydroxyl groups is 1. The van der Waals surface area contributed by atoms with Gasteiger partial charge in [-0.05, 0) is 5.56 Å². The van der Waals surface area contributed by atoms with E-state index in [1.807, 2.05) is 18.2 Å². The topological polar surface area (TPSA) is 49.3 Å². The van der Waals surface area contributed by atoms with Crippen LogP contribution in [0.5, 0.6) is 0 Å². The highest BCUT2D eigenvalue weighted by atomic mass is 32.2. The number of benzene rings is 1. The molecule has 0 aromatic heterocycles. The van der Waals surface area contributed by atoms with Crippen LogP contribution in [0.2, 0.25) is 0 Å². The summed E-state index contributed by atoms with van der Waals surface area (Å²) in [6.45, 7) is 0. The minimum absolute atomic E-state index is 0.476. The Hall–Kier alpha value is -1.39. The van der Waals surface area contributed by atoms with E-state index in [0.29, 0.717) is 4.91 Å². The van der Waals surface area contributed by atoms with Crippen LogP contribution < -0.4 is 5.32 Å². The first-order valence-corrected chi connectivity index (χ1v) is 5.77. The second kappa shape index (κ2) is 4.42. The minimum Gasteiger partial charge on any atom is -0.383 e. The molecule has 0 amide bonds. The van der Waals surface area contributed by atoms with Crippen molar-refractivity contribution in [2.45, 2.75) is 6.10 Å². The first-order valence-electron chi connectivity index (χ1n) is 4.55. The largest absolute Gasteiger partial charge is 0.383 e. The minimum atomic E-state index is -1.24. The summed E-state index contributed by atoms with van der Waals surface area (Å²) in [6, 6.07) is 9.17. The summed E-state index contributed by atoms with van der Waals surface area (Å²) in [5.74, 6) is 0. The predicted octanol–water partition coefficient (Wildman–Crippen LogP) is 1.38. The fourth-order valence-electron chi connectivity index (χ4n) is 1.36. The molecule has 0 saturated heterocycles. The number of rotatable bonds is 2. The maximum Gasteiger partial charge on any atom is 0.114 e. The maximum atomic E-state index is 11.6. The SMILES string of the molecule is O=S1C=CNC=C1C(O)c1ccccc1. The summed E-state index contributed by atoms with van der Waals surface area (Å²) < 4.78 is 11.6. The summed E-state index contributed by atoms with van der Waals surface area (Å²) in [6.07, 6.45) is 2.36. The van der Waals surface area contributed by atoms with E-state index in [2.05, 4.69) is 5.32 Å². The third kappa shape index (κ3) is 2.16. The number of nitrogens with one attached hydrogen (secondary N) is 1. The van der Waals surface area contributed by atoms with Gasteiger partial charge in [-0.15, -0.1) is 0 Å². The molecule has 0 aliphatic carbocycles. The van der Waals surface area contributed by atoms with Crippen LogP contribution in [-0.4, -0.2) is 9.32 Å². The zero-order valence-electron chi connectivity index (χ0n) is 7.96. The molecule has 0 radical (unpaired) electrons. The van der Waals surface area contributed by atoms with Crippen molar-refractivity contribution in [1.82, 2.24) is 5.32 Å². The summed E-state index contributed by atoms with van der Waals surface area (Å²) in [5, 5.41) is 14.3. The maximum absolute atomic E-state index is 11.6. The molecule has 2 atom stereocenters. The summed E-state index contributed by atoms with van der Waals surface area (Å²) in [7, 11) is -1.24. The summed E-state index contributed by atoms with van der Waals surface area (Å²) in [4.78, 5) is 0.476. The lowest BCUT2D eigenvalue weighted by Crippen LogP contribution is -2.12. The number of aliphatic hydroxyl groups excluding tert-OH is 1. The van der Waals surface area contributed by atoms with Crippen LogP contribution in [0.3, 0.4) is 0 Å². The van der Waals surface area contributed by atoms with Crippen molar-refractivity contribution >= 4 is 10.8 Å². The van der Waals surface area contributed by atoms with E-state index in [1.54, 1.807) is 24.5 Å². The summed E-state index contributed by atoms with van der Waals surface area (Å²) >= 11 is 0. The Morgan fingerprint density at radius 2 is 2.00 bits per heavy atom. The fourth-order valence-corrected chi connectivity index (χ4v) is 2.26. The van der Waals surface area contributed by atoms with Gasteiger partial charge in [0.15, 0.2) is 0 Å². The van der Waals surface area contributed by atoms with E-state index >= 15 is 0 Å². The molecule has 15 heavy (non-hydrogen) atoms. The lowest BCUT2D eigenvalue weighted by molar-refractivity contribution is 0.223. The Bertz CT molecular complexity index is 425. The molecule has 0 bridgehead atoms. The van der Waals surface area contributed by atoms with Gasteiger partial charge in [0.25, 0.3) is 0 Å². The van der Waals surface area contributed by atoms with Gasteiger partial charge in [0, 0.05) is 17.8 Å². The molecule has 0 fully saturated rings. The van der Waals surface area contributed by atoms with Crippen LogP contribution in [0.4, 0.5) is 0 Å². The Morgan fingerprint density at radius 1 is 1.27 bits per heavy atom. The highest BCUT2D eigenvalue weighted by molar-refractivity contribution is 7.91. The van der Waals surface area contributed by atoms with Gasteiger partial charge in [-0.2, -0.15) is 0 Å². The van der Waals surface area contributed by atoms with Gasteiger partial charge in [-0.3, -0.25) is 0 Å². The van der Waals surface area contributed by atoms with Crippen molar-refractivity contribution in [2.24, 2.45) is 0 Å². The van der Waals surface area contributed by atoms with Gasteiger partial charge in [-0.1, -0.05) is 30.3 Å². The average molecular weight is 221 g/mol. The van der Waals surface area contributed by atoms with Crippen molar-refractivity contribution in [2.75, 3.05) is 0 Å². The number of hydrogen-bond donors (Lipinski definition) is 2. The van der Waals surface area contributed by atoms with Gasteiger partial charge < -0.3 is 10.4 Å². The monoisotopic (exact) mass is 221 g/mol. The lowest BCUT2D eigenvalue weighted by atomic mass is 10.1. The first kappa shape index (κ1) is 10.1. The normalized spacial score (nSPS) is 21.7. The zero-order chi connectivity index (χ0) is 10.7. The lowest BCUT2D eigenvalue weighted by Gasteiger charge is -2.15. The standard InChI is InChI=1S/C11H11NO2S/c13-11(9-4-2-1-3-5-9)10-8-12-6-7-15(10)14/h1-8,11-13H. The van der Waals surface area contributed by atoms with E-state index in [-0.39, 0.29) is 0 Å². The molecule has 2 rings (SSSR count). The quantitative estimate of drug-likeness (QED) is 0.793. The first-order chi connectivity index (χ1) is 7.29. The molecular weight excluding hydrogens is 210 g/mol. The van der Waals surface area contributed by atoms with Crippen molar-refractivity contribution < 1.29 is 9.32 Å². The molecule has 0 spiro atoms. The van der Waals surface area contributed by atoms with Gasteiger partial charge >= 0.3 is 0 Å². The van der Waals surface area contributed by atoms with Crippen LogP contribution in [0.1, 0.15) is 11.7 Å². The predicted molar refractivity (Wildman–Crippen MR) is 59.9 cm³/mol. The zero-order valence-corrected chi connectivity index (χ0v) is 8.78. The van der Waals surface area contributed by atoms with Crippen LogP contribution >= 0.6 is 0 Å². The Balaban J connectivity index is 2.25. The molecule has 3 nitrogen and oxygen atoms in total. The number of hydrogen-bond acceptors (Lipinski definition) is 3. The second-order valence-corrected chi connectivity index (χ2v) is 4.47. The van der Waals surface area contributed by atoms with Crippen LogP contribution in [-0.2, 0) is 10.8 Å². The van der Waals surface area contributed by atoms with Crippen LogP contribution in [0.15, 0.2) is 53.0 Å². The smallest absolute Gasteiger partial charge is 0.114 e. The molecule has 2 N–H and O–H groups in total. The highest BCUT2D eigenvalue weighted by Gasteiger charge is 2.18. The molecule has 1 heterocycles. The van der Waals surface area contributed by atoms with Gasteiger partial charge in [0.05, 0.1) is 15.7 Å². The third-order valence-corrected chi connectivity index (χ3v) is 3.32. The van der Waals surface area contributed by atoms with Crippen LogP contribution in [0, 0.1) is 0 Å². The van der Waals surface area contributed by atoms with E-state index in [1.165, 1.54) is 5.41 Å². The molecule has 1 aromatic rings. The molecule has 0 saturated carbocycles. The van der Waals surface area contributed by atoms with E-state index < -0.39 is 16.9 Å². The molecule has 4 heteroatoms. The van der Waals surface area contributed by atoms with Crippen molar-refractivity contribution in [3.8, 4) is 0 Å². The van der Waals surface area contributed by atoms with Crippen molar-refractivity contribution in [3.63, 3.8) is 0 Å². The third-order valence-electron chi connectivity index (χ3n) is 2.13. The molecular formula is C11H11NO2S. The van der Waals surface area contributed by atoms with E-state index in [0.717, 1.165) is 5.56 Å². The Kier molecular flexibility index (Phi) is 2.99. The molecule has 2 unspecified atom stereocenters. The van der Waals surface area contributed by atoms with Crippen molar-refractivity contribution in [3.05, 3.63) is 58.6 Å². The molecule has 78 valence electrons. The van der Waals surface area contributed by atoms with Gasteiger partial charge in [-0.25, -0.2) is 4.21 Å². The fraction of sp³-hybridized carbons (Fsp3) is 0.0909. The molecule has 1 aliphatic rings. The highest BCUT2D eigenvalue weighted by Crippen LogP contribution is 2.25. The average Bonchev–Trinajstić information content (AvgIpc) is 2.30. The molecule has 1 aliphatic heterocycles. The van der Waals surface area contributed by atoms with E-state index in [4.69, 9.17) is 0 Å². The summed E-state index contributed by atoms with van der Waals surface area (Å²) in [5.41, 5.74) is 0.745. The molecule has 1 aromatic carbocycles.